The molecule has 3 aromatic rings. The lowest BCUT2D eigenvalue weighted by atomic mass is 10.00. The summed E-state index contributed by atoms with van der Waals surface area (Å²) in [4.78, 5) is 25.1. The molecule has 1 aliphatic heterocycles. The van der Waals surface area contributed by atoms with Gasteiger partial charge in [0.1, 0.15) is 11.3 Å². The molecule has 0 unspecified atom stereocenters. The van der Waals surface area contributed by atoms with Crippen molar-refractivity contribution in [3.05, 3.63) is 79.4 Å². The fourth-order valence-corrected chi connectivity index (χ4v) is 3.53. The Kier molecular flexibility index (Phi) is 4.78. The molecule has 0 bridgehead atoms. The van der Waals surface area contributed by atoms with Gasteiger partial charge in [0.15, 0.2) is 5.76 Å². The predicted molar refractivity (Wildman–Crippen MR) is 103 cm³/mol. The fraction of sp³-hybridized carbons (Fsp3) is 0.158. The van der Waals surface area contributed by atoms with E-state index in [1.807, 2.05) is 12.1 Å². The van der Waals surface area contributed by atoms with Gasteiger partial charge in [0.25, 0.3) is 11.6 Å². The monoisotopic (exact) mass is 417 g/mol. The molecule has 0 spiro atoms. The van der Waals surface area contributed by atoms with Crippen LogP contribution in [0.3, 0.4) is 0 Å². The largest absolute Gasteiger partial charge is 0.356 e. The summed E-state index contributed by atoms with van der Waals surface area (Å²) >= 11 is 11.8. The molecule has 0 saturated heterocycles. The van der Waals surface area contributed by atoms with Crippen LogP contribution in [-0.2, 0) is 13.0 Å². The molecular weight excluding hydrogens is 405 g/mol. The van der Waals surface area contributed by atoms with Crippen molar-refractivity contribution in [1.29, 1.82) is 0 Å². The van der Waals surface area contributed by atoms with E-state index < -0.39 is 10.8 Å². The highest BCUT2D eigenvalue weighted by Gasteiger charge is 2.31. The van der Waals surface area contributed by atoms with Crippen LogP contribution >= 0.6 is 23.2 Å². The second-order valence-electron chi connectivity index (χ2n) is 6.34. The van der Waals surface area contributed by atoms with E-state index in [0.29, 0.717) is 29.4 Å². The van der Waals surface area contributed by atoms with Crippen LogP contribution in [0.5, 0.6) is 0 Å². The lowest BCUT2D eigenvalue weighted by Crippen LogP contribution is -2.36. The van der Waals surface area contributed by atoms with E-state index in [1.165, 1.54) is 23.1 Å². The van der Waals surface area contributed by atoms with Gasteiger partial charge in [-0.05, 0) is 42.8 Å². The van der Waals surface area contributed by atoms with Gasteiger partial charge in [-0.15, -0.1) is 0 Å². The summed E-state index contributed by atoms with van der Waals surface area (Å²) in [5.74, 6) is 0.210. The highest BCUT2D eigenvalue weighted by molar-refractivity contribution is 6.31. The first-order valence-electron chi connectivity index (χ1n) is 8.40. The molecule has 1 aliphatic rings. The Morgan fingerprint density at radius 1 is 1.14 bits per heavy atom. The molecular formula is C19H13Cl2N3O4. The Morgan fingerprint density at radius 2 is 1.86 bits per heavy atom. The van der Waals surface area contributed by atoms with E-state index in [2.05, 4.69) is 5.16 Å². The first kappa shape index (κ1) is 18.5. The van der Waals surface area contributed by atoms with Crippen molar-refractivity contribution >= 4 is 34.8 Å². The summed E-state index contributed by atoms with van der Waals surface area (Å²) in [6, 6.07) is 11.2. The average Bonchev–Trinajstić information content (AvgIpc) is 3.11. The highest BCUT2D eigenvalue weighted by atomic mass is 35.5. The maximum atomic E-state index is 12.9. The molecule has 0 saturated carbocycles. The van der Waals surface area contributed by atoms with Crippen LogP contribution in [-0.4, -0.2) is 27.4 Å². The molecule has 1 amide bonds. The SMILES string of the molecule is O=C(c1ccc(Cl)cc1[N+](=O)[O-])N1CCc2c(noc2-c2ccc(Cl)cc2)C1. The Morgan fingerprint density at radius 3 is 2.57 bits per heavy atom. The third kappa shape index (κ3) is 3.34. The quantitative estimate of drug-likeness (QED) is 0.452. The predicted octanol–water partition coefficient (Wildman–Crippen LogP) is 4.76. The van der Waals surface area contributed by atoms with Crippen molar-refractivity contribution in [3.63, 3.8) is 0 Å². The van der Waals surface area contributed by atoms with Crippen LogP contribution in [0.15, 0.2) is 47.0 Å². The summed E-state index contributed by atoms with van der Waals surface area (Å²) in [6.07, 6.45) is 0.532. The van der Waals surface area contributed by atoms with Crippen molar-refractivity contribution < 1.29 is 14.2 Å². The molecule has 9 heteroatoms. The summed E-state index contributed by atoms with van der Waals surface area (Å²) in [7, 11) is 0. The molecule has 2 aromatic carbocycles. The number of aromatic nitrogens is 1. The zero-order chi connectivity index (χ0) is 19.8. The number of amides is 1. The van der Waals surface area contributed by atoms with Crippen LogP contribution in [0.2, 0.25) is 10.0 Å². The first-order valence-corrected chi connectivity index (χ1v) is 9.16. The maximum absolute atomic E-state index is 12.9. The summed E-state index contributed by atoms with van der Waals surface area (Å²) in [5, 5.41) is 16.2. The summed E-state index contributed by atoms with van der Waals surface area (Å²) in [5.41, 5.74) is 2.11. The van der Waals surface area contributed by atoms with Crippen molar-refractivity contribution in [3.8, 4) is 11.3 Å². The summed E-state index contributed by atoms with van der Waals surface area (Å²) in [6.45, 7) is 0.610. The van der Waals surface area contributed by atoms with Gasteiger partial charge in [0.2, 0.25) is 0 Å². The zero-order valence-corrected chi connectivity index (χ0v) is 15.9. The number of nitro benzene ring substituents is 1. The third-order valence-corrected chi connectivity index (χ3v) is 5.11. The maximum Gasteiger partial charge on any atom is 0.283 e. The minimum absolute atomic E-state index is 0.000676. The zero-order valence-electron chi connectivity index (χ0n) is 14.4. The second kappa shape index (κ2) is 7.26. The Balaban J connectivity index is 1.61. The molecule has 7 nitrogen and oxygen atoms in total. The average molecular weight is 418 g/mol. The molecule has 0 atom stereocenters. The number of halogens is 2. The number of nitro groups is 1. The smallest absolute Gasteiger partial charge is 0.283 e. The van der Waals surface area contributed by atoms with E-state index >= 15 is 0 Å². The van der Waals surface area contributed by atoms with Crippen molar-refractivity contribution in [2.75, 3.05) is 6.54 Å². The van der Waals surface area contributed by atoms with Gasteiger partial charge in [0, 0.05) is 33.8 Å². The van der Waals surface area contributed by atoms with Crippen molar-refractivity contribution in [2.24, 2.45) is 0 Å². The minimum atomic E-state index is -0.608. The van der Waals surface area contributed by atoms with Crippen molar-refractivity contribution in [2.45, 2.75) is 13.0 Å². The number of fused-ring (bicyclic) bond motifs is 1. The van der Waals surface area contributed by atoms with E-state index in [1.54, 1.807) is 12.1 Å². The van der Waals surface area contributed by atoms with Crippen LogP contribution in [0.25, 0.3) is 11.3 Å². The van der Waals surface area contributed by atoms with E-state index in [9.17, 15) is 14.9 Å². The van der Waals surface area contributed by atoms with Crippen LogP contribution in [0, 0.1) is 10.1 Å². The Bertz CT molecular complexity index is 1080. The van der Waals surface area contributed by atoms with Gasteiger partial charge in [0.05, 0.1) is 11.5 Å². The number of benzene rings is 2. The Hall–Kier alpha value is -2.90. The summed E-state index contributed by atoms with van der Waals surface area (Å²) < 4.78 is 5.50. The van der Waals surface area contributed by atoms with Crippen molar-refractivity contribution in [1.82, 2.24) is 10.1 Å². The number of carbonyl (C=O) groups is 1. The van der Waals surface area contributed by atoms with Crippen LogP contribution in [0.4, 0.5) is 5.69 Å². The first-order chi connectivity index (χ1) is 13.4. The number of rotatable bonds is 3. The molecule has 0 radical (unpaired) electrons. The van der Waals surface area contributed by atoms with Gasteiger partial charge in [-0.25, -0.2) is 0 Å². The minimum Gasteiger partial charge on any atom is -0.356 e. The third-order valence-electron chi connectivity index (χ3n) is 4.62. The van der Waals surface area contributed by atoms with Gasteiger partial charge in [-0.2, -0.15) is 0 Å². The Labute approximate surface area is 169 Å². The fourth-order valence-electron chi connectivity index (χ4n) is 3.24. The topological polar surface area (TPSA) is 89.5 Å². The van der Waals surface area contributed by atoms with E-state index in [4.69, 9.17) is 27.7 Å². The molecule has 1 aromatic heterocycles. The number of hydrogen-bond acceptors (Lipinski definition) is 5. The van der Waals surface area contributed by atoms with Gasteiger partial charge < -0.3 is 9.42 Å². The molecule has 0 N–H and O–H groups in total. The van der Waals surface area contributed by atoms with Gasteiger partial charge in [-0.1, -0.05) is 28.4 Å². The molecule has 28 heavy (non-hydrogen) atoms. The van der Waals surface area contributed by atoms with E-state index in [0.717, 1.165) is 11.1 Å². The molecule has 0 aliphatic carbocycles. The highest BCUT2D eigenvalue weighted by Crippen LogP contribution is 2.32. The van der Waals surface area contributed by atoms with Crippen LogP contribution in [0.1, 0.15) is 21.6 Å². The molecule has 142 valence electrons. The number of hydrogen-bond donors (Lipinski definition) is 0. The number of carbonyl (C=O) groups excluding carboxylic acids is 1. The van der Waals surface area contributed by atoms with E-state index in [-0.39, 0.29) is 22.8 Å². The normalized spacial score (nSPS) is 13.3. The lowest BCUT2D eigenvalue weighted by molar-refractivity contribution is -0.385. The molecule has 0 fully saturated rings. The lowest BCUT2D eigenvalue weighted by Gasteiger charge is -2.26. The van der Waals surface area contributed by atoms with Crippen LogP contribution < -0.4 is 0 Å². The standard InChI is InChI=1S/C19H13Cl2N3O4/c20-12-3-1-11(2-4-12)18-14-7-8-23(10-16(14)22-28-18)19(25)15-6-5-13(21)9-17(15)24(26)27/h1-6,9H,7-8,10H2. The second-order valence-corrected chi connectivity index (χ2v) is 7.21. The van der Waals surface area contributed by atoms with Gasteiger partial charge >= 0.3 is 0 Å². The molecule has 4 rings (SSSR count). The van der Waals surface area contributed by atoms with Gasteiger partial charge in [-0.3, -0.25) is 14.9 Å². The molecule has 2 heterocycles. The number of nitrogens with zero attached hydrogens (tertiary/aromatic N) is 3.